The Bertz CT molecular complexity index is 676. The van der Waals surface area contributed by atoms with Gasteiger partial charge in [0.05, 0.1) is 9.83 Å². The zero-order valence-electron chi connectivity index (χ0n) is 9.00. The molecule has 0 aliphatic heterocycles. The molecule has 0 saturated heterocycles. The van der Waals surface area contributed by atoms with Crippen LogP contribution in [0, 0.1) is 3.57 Å². The van der Waals surface area contributed by atoms with E-state index in [0.717, 1.165) is 3.57 Å². The Kier molecular flexibility index (Phi) is 2.78. The van der Waals surface area contributed by atoms with Crippen LogP contribution in [0.2, 0.25) is 0 Å². The van der Waals surface area contributed by atoms with Crippen molar-refractivity contribution in [1.29, 1.82) is 0 Å². The summed E-state index contributed by atoms with van der Waals surface area (Å²) >= 11 is 2.04. The van der Waals surface area contributed by atoms with E-state index >= 15 is 0 Å². The van der Waals surface area contributed by atoms with Crippen LogP contribution in [0.5, 0.6) is 5.75 Å². The fourth-order valence-electron chi connectivity index (χ4n) is 1.49. The Morgan fingerprint density at radius 1 is 1.22 bits per heavy atom. The molecule has 0 unspecified atom stereocenters. The number of phenolic OH excluding ortho intramolecular Hbond substituents is 1. The molecule has 2 heterocycles. The normalized spacial score (nSPS) is 10.7. The van der Waals surface area contributed by atoms with Crippen molar-refractivity contribution in [2.75, 3.05) is 0 Å². The molecule has 0 radical (unpaired) electrons. The fraction of sp³-hybridized carbons (Fsp3) is 0. The average Bonchev–Trinajstić information content (AvgIpc) is 3.01. The lowest BCUT2D eigenvalue weighted by Crippen LogP contribution is -1.80. The van der Waals surface area contributed by atoms with E-state index in [4.69, 9.17) is 8.94 Å². The molecular weight excluding hydrogens is 347 g/mol. The van der Waals surface area contributed by atoms with Crippen molar-refractivity contribution >= 4 is 22.6 Å². The maximum atomic E-state index is 9.64. The highest BCUT2D eigenvalue weighted by Crippen LogP contribution is 2.27. The van der Waals surface area contributed by atoms with Crippen molar-refractivity contribution in [2.45, 2.75) is 0 Å². The van der Waals surface area contributed by atoms with Crippen LogP contribution in [0.1, 0.15) is 0 Å². The zero-order chi connectivity index (χ0) is 12.5. The minimum atomic E-state index is 0.186. The van der Waals surface area contributed by atoms with Crippen LogP contribution in [0.25, 0.3) is 23.0 Å². The van der Waals surface area contributed by atoms with Crippen molar-refractivity contribution in [3.63, 3.8) is 0 Å². The molecule has 2 aromatic heterocycles. The second-order valence-electron chi connectivity index (χ2n) is 3.57. The molecule has 0 aliphatic carbocycles. The summed E-state index contributed by atoms with van der Waals surface area (Å²) in [4.78, 5) is 4.21. The second kappa shape index (κ2) is 4.45. The van der Waals surface area contributed by atoms with Gasteiger partial charge in [-0.1, -0.05) is 5.16 Å². The van der Waals surface area contributed by atoms with Crippen LogP contribution in [-0.2, 0) is 0 Å². The SMILES string of the molecule is Oc1cc(-c2nc(-c3ccco3)no2)ccc1I. The van der Waals surface area contributed by atoms with Crippen LogP contribution in [0.3, 0.4) is 0 Å². The Morgan fingerprint density at radius 2 is 2.11 bits per heavy atom. The topological polar surface area (TPSA) is 72.3 Å². The Morgan fingerprint density at radius 3 is 2.83 bits per heavy atom. The van der Waals surface area contributed by atoms with E-state index in [1.54, 1.807) is 36.6 Å². The molecule has 3 aromatic rings. The highest BCUT2D eigenvalue weighted by molar-refractivity contribution is 14.1. The van der Waals surface area contributed by atoms with Gasteiger partial charge in [-0.05, 0) is 52.9 Å². The molecule has 1 N–H and O–H groups in total. The van der Waals surface area contributed by atoms with Gasteiger partial charge in [-0.2, -0.15) is 4.98 Å². The molecule has 1 aromatic carbocycles. The number of hydrogen-bond acceptors (Lipinski definition) is 5. The Labute approximate surface area is 116 Å². The molecule has 0 bridgehead atoms. The van der Waals surface area contributed by atoms with Gasteiger partial charge in [-0.25, -0.2) is 0 Å². The summed E-state index contributed by atoms with van der Waals surface area (Å²) in [6, 6.07) is 8.67. The molecule has 0 spiro atoms. The average molecular weight is 354 g/mol. The molecule has 3 rings (SSSR count). The number of rotatable bonds is 2. The summed E-state index contributed by atoms with van der Waals surface area (Å²) in [6.07, 6.45) is 1.54. The maximum absolute atomic E-state index is 9.64. The van der Waals surface area contributed by atoms with E-state index in [9.17, 15) is 5.11 Å². The minimum Gasteiger partial charge on any atom is -0.507 e. The highest BCUT2D eigenvalue weighted by Gasteiger charge is 2.13. The van der Waals surface area contributed by atoms with Crippen molar-refractivity contribution in [2.24, 2.45) is 0 Å². The summed E-state index contributed by atoms with van der Waals surface area (Å²) in [6.45, 7) is 0. The Balaban J connectivity index is 2.00. The predicted octanol–water partition coefficient (Wildman–Crippen LogP) is 3.31. The van der Waals surface area contributed by atoms with Crippen molar-refractivity contribution in [1.82, 2.24) is 10.1 Å². The van der Waals surface area contributed by atoms with Crippen molar-refractivity contribution in [3.8, 4) is 28.8 Å². The molecule has 18 heavy (non-hydrogen) atoms. The maximum Gasteiger partial charge on any atom is 0.258 e. The lowest BCUT2D eigenvalue weighted by atomic mass is 10.2. The molecular formula is C12H7IN2O3. The summed E-state index contributed by atoms with van der Waals surface area (Å²) in [5.74, 6) is 1.45. The van der Waals surface area contributed by atoms with Crippen LogP contribution in [0.4, 0.5) is 0 Å². The number of benzene rings is 1. The molecule has 0 aliphatic rings. The summed E-state index contributed by atoms with van der Waals surface area (Å²) in [5, 5.41) is 13.5. The molecule has 5 nitrogen and oxygen atoms in total. The summed E-state index contributed by atoms with van der Waals surface area (Å²) < 4.78 is 11.1. The zero-order valence-corrected chi connectivity index (χ0v) is 11.2. The summed E-state index contributed by atoms with van der Waals surface area (Å²) in [5.41, 5.74) is 0.665. The predicted molar refractivity (Wildman–Crippen MR) is 71.8 cm³/mol. The number of hydrogen-bond donors (Lipinski definition) is 1. The van der Waals surface area contributed by atoms with Crippen molar-refractivity contribution in [3.05, 3.63) is 40.2 Å². The first-order valence-corrected chi connectivity index (χ1v) is 6.18. The third kappa shape index (κ3) is 1.99. The molecule has 6 heteroatoms. The van der Waals surface area contributed by atoms with Gasteiger partial charge >= 0.3 is 0 Å². The van der Waals surface area contributed by atoms with Gasteiger partial charge < -0.3 is 14.0 Å². The van der Waals surface area contributed by atoms with Crippen LogP contribution in [-0.4, -0.2) is 15.2 Å². The van der Waals surface area contributed by atoms with Gasteiger partial charge in [-0.3, -0.25) is 0 Å². The van der Waals surface area contributed by atoms with Gasteiger partial charge in [0.15, 0.2) is 5.76 Å². The van der Waals surface area contributed by atoms with E-state index in [2.05, 4.69) is 10.1 Å². The van der Waals surface area contributed by atoms with Crippen molar-refractivity contribution < 1.29 is 14.0 Å². The smallest absolute Gasteiger partial charge is 0.258 e. The molecule has 0 fully saturated rings. The third-order valence-corrected chi connectivity index (χ3v) is 3.27. The standard InChI is InChI=1S/C12H7IN2O3/c13-8-4-3-7(6-9(8)16)12-14-11(15-18-12)10-2-1-5-17-10/h1-6,16H. The van der Waals surface area contributed by atoms with E-state index in [1.165, 1.54) is 0 Å². The second-order valence-corrected chi connectivity index (χ2v) is 4.73. The molecule has 0 atom stereocenters. The lowest BCUT2D eigenvalue weighted by Gasteiger charge is -1.97. The van der Waals surface area contributed by atoms with Crippen LogP contribution in [0.15, 0.2) is 45.5 Å². The first kappa shape index (κ1) is 11.3. The van der Waals surface area contributed by atoms with E-state index in [1.807, 2.05) is 22.6 Å². The molecule has 0 saturated carbocycles. The number of phenols is 1. The quantitative estimate of drug-likeness (QED) is 0.715. The first-order valence-electron chi connectivity index (χ1n) is 5.10. The third-order valence-electron chi connectivity index (χ3n) is 2.36. The molecule has 90 valence electrons. The Hall–Kier alpha value is -1.83. The van der Waals surface area contributed by atoms with Gasteiger partial charge in [0.25, 0.3) is 5.89 Å². The number of furan rings is 1. The number of nitrogens with zero attached hydrogens (tertiary/aromatic N) is 2. The van der Waals surface area contributed by atoms with E-state index in [-0.39, 0.29) is 5.75 Å². The number of aromatic nitrogens is 2. The summed E-state index contributed by atoms with van der Waals surface area (Å²) in [7, 11) is 0. The van der Waals surface area contributed by atoms with Gasteiger partial charge in [0.2, 0.25) is 5.82 Å². The fourth-order valence-corrected chi connectivity index (χ4v) is 1.83. The highest BCUT2D eigenvalue weighted by atomic mass is 127. The minimum absolute atomic E-state index is 0.186. The van der Waals surface area contributed by atoms with Gasteiger partial charge in [0.1, 0.15) is 5.75 Å². The van der Waals surface area contributed by atoms with E-state index < -0.39 is 0 Å². The monoisotopic (exact) mass is 354 g/mol. The van der Waals surface area contributed by atoms with Crippen LogP contribution >= 0.6 is 22.6 Å². The van der Waals surface area contributed by atoms with E-state index in [0.29, 0.717) is 23.0 Å². The first-order chi connectivity index (χ1) is 8.74. The number of halogens is 1. The lowest BCUT2D eigenvalue weighted by molar-refractivity contribution is 0.428. The van der Waals surface area contributed by atoms with Crippen LogP contribution < -0.4 is 0 Å². The van der Waals surface area contributed by atoms with Gasteiger partial charge in [0, 0.05) is 5.56 Å². The van der Waals surface area contributed by atoms with Gasteiger partial charge in [-0.15, -0.1) is 0 Å². The largest absolute Gasteiger partial charge is 0.507 e. The number of aromatic hydroxyl groups is 1. The molecule has 0 amide bonds.